The zero-order chi connectivity index (χ0) is 25.4. The maximum atomic E-state index is 13.3. The number of ether oxygens (including phenoxy) is 3. The number of carbonyl (C=O) groups excluding carboxylic acids is 2. The monoisotopic (exact) mass is 491 g/mol. The standard InChI is InChI=1S/C26H29N5O5/c1-29-15-18(14-27-29)23(32)30(2)26-12-19(13-26)31(25(33)36-16-17-8-6-5-7-9-17)22-20(26)10-11-21(28-22)24(34-3)35-4/h5-11,14-15,19,24H,12-13,16H2,1-4H3. The third-order valence-electron chi connectivity index (χ3n) is 7.11. The van der Waals surface area contributed by atoms with Crippen LogP contribution in [0.5, 0.6) is 0 Å². The van der Waals surface area contributed by atoms with Crippen LogP contribution in [-0.4, -0.2) is 59.0 Å². The molecule has 2 amide bonds. The highest BCUT2D eigenvalue weighted by molar-refractivity contribution is 5.96. The number of amides is 2. The van der Waals surface area contributed by atoms with Gasteiger partial charge in [-0.25, -0.2) is 9.78 Å². The van der Waals surface area contributed by atoms with Crippen molar-refractivity contribution in [1.29, 1.82) is 0 Å². The Bertz CT molecular complexity index is 1270. The Morgan fingerprint density at radius 3 is 2.50 bits per heavy atom. The van der Waals surface area contributed by atoms with Gasteiger partial charge in [-0.3, -0.25) is 14.4 Å². The second kappa shape index (κ2) is 9.36. The Labute approximate surface area is 209 Å². The van der Waals surface area contributed by atoms with Crippen LogP contribution in [0.2, 0.25) is 0 Å². The van der Waals surface area contributed by atoms with E-state index in [4.69, 9.17) is 19.2 Å². The lowest BCUT2D eigenvalue weighted by atomic mass is 9.63. The van der Waals surface area contributed by atoms with E-state index in [2.05, 4.69) is 5.10 Å². The number of rotatable bonds is 7. The molecule has 10 heteroatoms. The average molecular weight is 492 g/mol. The first kappa shape index (κ1) is 24.0. The highest BCUT2D eigenvalue weighted by atomic mass is 16.7. The lowest BCUT2D eigenvalue weighted by Gasteiger charge is -2.59. The van der Waals surface area contributed by atoms with Crippen LogP contribution in [-0.2, 0) is 33.4 Å². The number of carbonyl (C=O) groups is 2. The van der Waals surface area contributed by atoms with E-state index >= 15 is 0 Å². The fourth-order valence-corrected chi connectivity index (χ4v) is 5.17. The summed E-state index contributed by atoms with van der Waals surface area (Å²) in [5.74, 6) is 0.321. The molecule has 10 nitrogen and oxygen atoms in total. The molecule has 2 aliphatic heterocycles. The second-order valence-corrected chi connectivity index (χ2v) is 9.18. The molecule has 1 aromatic carbocycles. The summed E-state index contributed by atoms with van der Waals surface area (Å²) in [5, 5.41) is 4.14. The van der Waals surface area contributed by atoms with E-state index in [0.717, 1.165) is 11.1 Å². The molecule has 0 spiro atoms. The fraction of sp³-hybridized carbons (Fsp3) is 0.385. The van der Waals surface area contributed by atoms with E-state index in [9.17, 15) is 9.59 Å². The van der Waals surface area contributed by atoms with Crippen molar-refractivity contribution >= 4 is 17.8 Å². The second-order valence-electron chi connectivity index (χ2n) is 9.18. The number of hydrogen-bond acceptors (Lipinski definition) is 7. The van der Waals surface area contributed by atoms with E-state index < -0.39 is 17.9 Å². The number of aromatic nitrogens is 3. The van der Waals surface area contributed by atoms with Gasteiger partial charge in [0.2, 0.25) is 6.29 Å². The van der Waals surface area contributed by atoms with Crippen LogP contribution in [0.3, 0.4) is 0 Å². The van der Waals surface area contributed by atoms with Crippen molar-refractivity contribution in [3.05, 3.63) is 77.2 Å². The van der Waals surface area contributed by atoms with Crippen LogP contribution < -0.4 is 4.90 Å². The smallest absolute Gasteiger partial charge is 0.416 e. The predicted octanol–water partition coefficient (Wildman–Crippen LogP) is 3.39. The Balaban J connectivity index is 1.49. The molecule has 4 heterocycles. The molecule has 0 atom stereocenters. The molecule has 36 heavy (non-hydrogen) atoms. The molecular formula is C26H29N5O5. The maximum absolute atomic E-state index is 13.3. The van der Waals surface area contributed by atoms with Crippen LogP contribution >= 0.6 is 0 Å². The van der Waals surface area contributed by atoms with Gasteiger partial charge in [-0.1, -0.05) is 36.4 Å². The number of benzene rings is 1. The maximum Gasteiger partial charge on any atom is 0.416 e. The van der Waals surface area contributed by atoms with Crippen molar-refractivity contribution in [3.63, 3.8) is 0 Å². The summed E-state index contributed by atoms with van der Waals surface area (Å²) in [4.78, 5) is 34.8. The number of methoxy groups -OCH3 is 2. The summed E-state index contributed by atoms with van der Waals surface area (Å²) in [6, 6.07) is 13.1. The first-order chi connectivity index (χ1) is 17.4. The zero-order valence-electron chi connectivity index (χ0n) is 20.7. The van der Waals surface area contributed by atoms with Gasteiger partial charge >= 0.3 is 6.09 Å². The molecule has 1 fully saturated rings. The van der Waals surface area contributed by atoms with Crippen molar-refractivity contribution < 1.29 is 23.8 Å². The zero-order valence-corrected chi connectivity index (χ0v) is 20.7. The van der Waals surface area contributed by atoms with Gasteiger partial charge in [-0.15, -0.1) is 0 Å². The predicted molar refractivity (Wildman–Crippen MR) is 130 cm³/mol. The quantitative estimate of drug-likeness (QED) is 0.467. The molecule has 0 radical (unpaired) electrons. The van der Waals surface area contributed by atoms with Gasteiger partial charge in [0, 0.05) is 46.1 Å². The van der Waals surface area contributed by atoms with Crippen LogP contribution in [0.15, 0.2) is 54.9 Å². The lowest BCUT2D eigenvalue weighted by Crippen LogP contribution is -2.67. The van der Waals surface area contributed by atoms with E-state index in [1.54, 1.807) is 41.0 Å². The topological polar surface area (TPSA) is 99.0 Å². The molecule has 2 bridgehead atoms. The highest BCUT2D eigenvalue weighted by Crippen LogP contribution is 2.56. The van der Waals surface area contributed by atoms with Gasteiger partial charge in [0.25, 0.3) is 5.91 Å². The van der Waals surface area contributed by atoms with Crippen molar-refractivity contribution in [3.8, 4) is 0 Å². The number of pyridine rings is 1. The van der Waals surface area contributed by atoms with Crippen molar-refractivity contribution in [2.75, 3.05) is 26.2 Å². The Hall–Kier alpha value is -3.76. The molecular weight excluding hydrogens is 462 g/mol. The minimum atomic E-state index is -0.693. The highest BCUT2D eigenvalue weighted by Gasteiger charge is 2.60. The number of nitrogens with zero attached hydrogens (tertiary/aromatic N) is 5. The van der Waals surface area contributed by atoms with Gasteiger partial charge in [-0.05, 0) is 24.5 Å². The van der Waals surface area contributed by atoms with Crippen LogP contribution in [0.1, 0.15) is 46.3 Å². The third kappa shape index (κ3) is 3.92. The average Bonchev–Trinajstić information content (AvgIpc) is 3.32. The molecule has 1 aliphatic carbocycles. The Morgan fingerprint density at radius 2 is 1.86 bits per heavy atom. The summed E-state index contributed by atoms with van der Waals surface area (Å²) < 4.78 is 18.1. The summed E-state index contributed by atoms with van der Waals surface area (Å²) in [5.41, 5.74) is 2.12. The van der Waals surface area contributed by atoms with Crippen LogP contribution in [0.4, 0.5) is 10.6 Å². The molecule has 3 aromatic rings. The minimum Gasteiger partial charge on any atom is -0.444 e. The normalized spacial score (nSPS) is 20.0. The van der Waals surface area contributed by atoms with Crippen LogP contribution in [0.25, 0.3) is 0 Å². The molecule has 0 unspecified atom stereocenters. The van der Waals surface area contributed by atoms with Crippen molar-refractivity contribution in [2.24, 2.45) is 7.05 Å². The fourth-order valence-electron chi connectivity index (χ4n) is 5.17. The lowest BCUT2D eigenvalue weighted by molar-refractivity contribution is -0.108. The van der Waals surface area contributed by atoms with Gasteiger partial charge in [0.1, 0.15) is 12.4 Å². The summed E-state index contributed by atoms with van der Waals surface area (Å²) >= 11 is 0. The summed E-state index contributed by atoms with van der Waals surface area (Å²) in [6.45, 7) is 0.154. The number of aryl methyl sites for hydroxylation is 1. The molecule has 3 aliphatic rings. The van der Waals surface area contributed by atoms with Crippen LogP contribution in [0, 0.1) is 0 Å². The van der Waals surface area contributed by atoms with Gasteiger partial charge in [-0.2, -0.15) is 5.10 Å². The molecule has 0 saturated heterocycles. The molecule has 1 saturated carbocycles. The van der Waals surface area contributed by atoms with Gasteiger partial charge < -0.3 is 19.1 Å². The molecule has 188 valence electrons. The Morgan fingerprint density at radius 1 is 1.14 bits per heavy atom. The van der Waals surface area contributed by atoms with Gasteiger partial charge in [0.15, 0.2) is 0 Å². The third-order valence-corrected chi connectivity index (χ3v) is 7.11. The largest absolute Gasteiger partial charge is 0.444 e. The summed E-state index contributed by atoms with van der Waals surface area (Å²) in [6.07, 6.45) is 3.26. The van der Waals surface area contributed by atoms with Crippen molar-refractivity contribution in [1.82, 2.24) is 19.7 Å². The van der Waals surface area contributed by atoms with Crippen molar-refractivity contribution in [2.45, 2.75) is 37.3 Å². The Kier molecular flexibility index (Phi) is 6.23. The SMILES string of the molecule is COC(OC)c1ccc2c(n1)N(C(=O)OCc1ccccc1)C1CC2(N(C)C(=O)c2cnn(C)c2)C1. The van der Waals surface area contributed by atoms with Gasteiger partial charge in [0.05, 0.1) is 23.0 Å². The number of anilines is 1. The van der Waals surface area contributed by atoms with E-state index in [1.165, 1.54) is 14.2 Å². The summed E-state index contributed by atoms with van der Waals surface area (Å²) in [7, 11) is 6.62. The first-order valence-electron chi connectivity index (χ1n) is 11.7. The van der Waals surface area contributed by atoms with E-state index in [-0.39, 0.29) is 18.6 Å². The molecule has 0 N–H and O–H groups in total. The first-order valence-corrected chi connectivity index (χ1v) is 11.7. The van der Waals surface area contributed by atoms with E-state index in [1.807, 2.05) is 42.5 Å². The minimum absolute atomic E-state index is 0.136. The number of hydrogen-bond donors (Lipinski definition) is 0. The molecule has 2 aromatic heterocycles. The molecule has 6 rings (SSSR count). The van der Waals surface area contributed by atoms with E-state index in [0.29, 0.717) is 29.9 Å².